The molecule has 2 N–H and O–H groups in total. The summed E-state index contributed by atoms with van der Waals surface area (Å²) in [4.78, 5) is 1.39. The maximum Gasteiger partial charge on any atom is 0.0833 e. The molecule has 0 amide bonds. The molecule has 0 aliphatic heterocycles. The highest BCUT2D eigenvalue weighted by atomic mass is 32.2. The molecule has 1 aromatic rings. The Morgan fingerprint density at radius 3 is 2.94 bits per heavy atom. The van der Waals surface area contributed by atoms with Crippen molar-refractivity contribution in [2.75, 3.05) is 18.6 Å². The first-order chi connectivity index (χ1) is 7.53. The third-order valence-electron chi connectivity index (χ3n) is 2.37. The minimum Gasteiger partial charge on any atom is -0.388 e. The Labute approximate surface area is 106 Å². The van der Waals surface area contributed by atoms with Gasteiger partial charge in [0.05, 0.1) is 5.60 Å². The Morgan fingerprint density at radius 2 is 2.38 bits per heavy atom. The van der Waals surface area contributed by atoms with E-state index in [1.165, 1.54) is 4.88 Å². The zero-order valence-electron chi connectivity index (χ0n) is 10.2. The average molecular weight is 259 g/mol. The quantitative estimate of drug-likeness (QED) is 0.788. The third-order valence-corrected chi connectivity index (χ3v) is 4.18. The summed E-state index contributed by atoms with van der Waals surface area (Å²) >= 11 is 3.47. The molecule has 2 atom stereocenters. The maximum atomic E-state index is 10.0. The highest BCUT2D eigenvalue weighted by Gasteiger charge is 2.20. The second-order valence-electron chi connectivity index (χ2n) is 4.50. The van der Waals surface area contributed by atoms with E-state index in [0.717, 1.165) is 12.2 Å². The summed E-state index contributed by atoms with van der Waals surface area (Å²) in [5.74, 6) is 0.770. The Hall–Kier alpha value is -0.0300. The number of rotatable bonds is 7. The lowest BCUT2D eigenvalue weighted by Crippen LogP contribution is -2.43. The van der Waals surface area contributed by atoms with Gasteiger partial charge in [0.1, 0.15) is 0 Å². The first kappa shape index (κ1) is 14.0. The SMILES string of the molecule is CSCC(C)(O)CNC(C)Cc1cccs1. The van der Waals surface area contributed by atoms with Crippen LogP contribution in [0.2, 0.25) is 0 Å². The zero-order valence-corrected chi connectivity index (χ0v) is 11.8. The van der Waals surface area contributed by atoms with Crippen molar-refractivity contribution in [3.05, 3.63) is 22.4 Å². The first-order valence-corrected chi connectivity index (χ1v) is 7.78. The van der Waals surface area contributed by atoms with Gasteiger partial charge in [0.2, 0.25) is 0 Å². The Bertz CT molecular complexity index is 285. The van der Waals surface area contributed by atoms with Crippen LogP contribution < -0.4 is 5.32 Å². The molecule has 0 aliphatic rings. The monoisotopic (exact) mass is 259 g/mol. The lowest BCUT2D eigenvalue weighted by molar-refractivity contribution is 0.0821. The molecule has 92 valence electrons. The van der Waals surface area contributed by atoms with Crippen LogP contribution in [-0.2, 0) is 6.42 Å². The van der Waals surface area contributed by atoms with E-state index in [-0.39, 0.29) is 0 Å². The number of thiophene rings is 1. The van der Waals surface area contributed by atoms with Crippen molar-refractivity contribution < 1.29 is 5.11 Å². The molecule has 0 fully saturated rings. The van der Waals surface area contributed by atoms with Crippen LogP contribution in [0.1, 0.15) is 18.7 Å². The molecule has 0 saturated carbocycles. The van der Waals surface area contributed by atoms with Crippen LogP contribution in [0, 0.1) is 0 Å². The van der Waals surface area contributed by atoms with E-state index < -0.39 is 5.60 Å². The van der Waals surface area contributed by atoms with Gasteiger partial charge in [-0.25, -0.2) is 0 Å². The number of hydrogen-bond donors (Lipinski definition) is 2. The fourth-order valence-corrected chi connectivity index (χ4v) is 3.12. The number of aliphatic hydroxyl groups is 1. The standard InChI is InChI=1S/C12H21NOS2/c1-10(7-11-5-4-6-16-11)13-8-12(2,14)9-15-3/h4-6,10,13-14H,7-9H2,1-3H3. The molecule has 0 spiro atoms. The number of hydrogen-bond acceptors (Lipinski definition) is 4. The molecule has 16 heavy (non-hydrogen) atoms. The summed E-state index contributed by atoms with van der Waals surface area (Å²) in [5, 5.41) is 15.5. The molecule has 1 rings (SSSR count). The average Bonchev–Trinajstić information content (AvgIpc) is 2.68. The van der Waals surface area contributed by atoms with Crippen molar-refractivity contribution in [2.24, 2.45) is 0 Å². The first-order valence-electron chi connectivity index (χ1n) is 5.50. The third kappa shape index (κ3) is 5.34. The zero-order chi connectivity index (χ0) is 12.0. The number of nitrogens with one attached hydrogen (secondary N) is 1. The molecule has 0 radical (unpaired) electrons. The van der Waals surface area contributed by atoms with E-state index in [4.69, 9.17) is 0 Å². The van der Waals surface area contributed by atoms with Gasteiger partial charge >= 0.3 is 0 Å². The molecule has 4 heteroatoms. The molecule has 0 saturated heterocycles. The number of thioether (sulfide) groups is 1. The minimum atomic E-state index is -0.608. The lowest BCUT2D eigenvalue weighted by atomic mass is 10.1. The van der Waals surface area contributed by atoms with Gasteiger partial charge < -0.3 is 10.4 Å². The van der Waals surface area contributed by atoms with Gasteiger partial charge in [0.25, 0.3) is 0 Å². The Balaban J connectivity index is 2.27. The smallest absolute Gasteiger partial charge is 0.0833 e. The maximum absolute atomic E-state index is 10.0. The summed E-state index contributed by atoms with van der Waals surface area (Å²) in [5.41, 5.74) is -0.608. The minimum absolute atomic E-state index is 0.409. The van der Waals surface area contributed by atoms with Gasteiger partial charge in [-0.05, 0) is 38.0 Å². The van der Waals surface area contributed by atoms with Gasteiger partial charge in [0, 0.05) is 23.2 Å². The van der Waals surface area contributed by atoms with E-state index in [2.05, 4.69) is 29.8 Å². The Morgan fingerprint density at radius 1 is 1.62 bits per heavy atom. The summed E-state index contributed by atoms with van der Waals surface area (Å²) in [7, 11) is 0. The summed E-state index contributed by atoms with van der Waals surface area (Å²) in [6.45, 7) is 4.70. The van der Waals surface area contributed by atoms with Crippen molar-refractivity contribution in [3.63, 3.8) is 0 Å². The molecular formula is C12H21NOS2. The van der Waals surface area contributed by atoms with E-state index in [1.54, 1.807) is 23.1 Å². The van der Waals surface area contributed by atoms with E-state index in [1.807, 2.05) is 13.2 Å². The highest BCUT2D eigenvalue weighted by Crippen LogP contribution is 2.12. The molecule has 1 heterocycles. The second-order valence-corrected chi connectivity index (χ2v) is 6.39. The van der Waals surface area contributed by atoms with Crippen LogP contribution in [0.5, 0.6) is 0 Å². The van der Waals surface area contributed by atoms with Crippen LogP contribution >= 0.6 is 23.1 Å². The summed E-state index contributed by atoms with van der Waals surface area (Å²) in [6.07, 6.45) is 3.05. The van der Waals surface area contributed by atoms with Crippen LogP contribution in [0.4, 0.5) is 0 Å². The topological polar surface area (TPSA) is 32.3 Å². The van der Waals surface area contributed by atoms with Crippen LogP contribution in [0.25, 0.3) is 0 Å². The summed E-state index contributed by atoms with van der Waals surface area (Å²) < 4.78 is 0. The molecule has 0 aliphatic carbocycles. The van der Waals surface area contributed by atoms with Crippen LogP contribution in [0.3, 0.4) is 0 Å². The predicted octanol–water partition coefficient (Wildman–Crippen LogP) is 2.38. The summed E-state index contributed by atoms with van der Waals surface area (Å²) in [6, 6.07) is 4.64. The van der Waals surface area contributed by atoms with E-state index in [0.29, 0.717) is 12.6 Å². The molecule has 0 bridgehead atoms. The molecule has 0 aromatic carbocycles. The Kier molecular flexibility index (Phi) is 5.83. The molecule has 1 aromatic heterocycles. The molecular weight excluding hydrogens is 238 g/mol. The normalized spacial score (nSPS) is 17.0. The second kappa shape index (κ2) is 6.64. The van der Waals surface area contributed by atoms with Gasteiger partial charge in [-0.15, -0.1) is 11.3 Å². The lowest BCUT2D eigenvalue weighted by Gasteiger charge is -2.25. The molecule has 2 unspecified atom stereocenters. The van der Waals surface area contributed by atoms with Crippen molar-refractivity contribution in [2.45, 2.75) is 31.9 Å². The fourth-order valence-electron chi connectivity index (χ4n) is 1.56. The molecule has 2 nitrogen and oxygen atoms in total. The predicted molar refractivity (Wildman–Crippen MR) is 74.5 cm³/mol. The van der Waals surface area contributed by atoms with E-state index in [9.17, 15) is 5.11 Å². The highest BCUT2D eigenvalue weighted by molar-refractivity contribution is 7.98. The van der Waals surface area contributed by atoms with Crippen molar-refractivity contribution in [3.8, 4) is 0 Å². The van der Waals surface area contributed by atoms with Crippen molar-refractivity contribution in [1.29, 1.82) is 0 Å². The van der Waals surface area contributed by atoms with E-state index >= 15 is 0 Å². The van der Waals surface area contributed by atoms with Gasteiger partial charge in [0.15, 0.2) is 0 Å². The van der Waals surface area contributed by atoms with Gasteiger partial charge in [-0.2, -0.15) is 11.8 Å². The van der Waals surface area contributed by atoms with Gasteiger partial charge in [-0.1, -0.05) is 6.07 Å². The van der Waals surface area contributed by atoms with Crippen molar-refractivity contribution >= 4 is 23.1 Å². The largest absolute Gasteiger partial charge is 0.388 e. The van der Waals surface area contributed by atoms with Crippen LogP contribution in [-0.4, -0.2) is 35.3 Å². The fraction of sp³-hybridized carbons (Fsp3) is 0.667. The van der Waals surface area contributed by atoms with Crippen molar-refractivity contribution in [1.82, 2.24) is 5.32 Å². The van der Waals surface area contributed by atoms with Gasteiger partial charge in [-0.3, -0.25) is 0 Å². The van der Waals surface area contributed by atoms with Crippen LogP contribution in [0.15, 0.2) is 17.5 Å².